The Morgan fingerprint density at radius 1 is 1.35 bits per heavy atom. The molecule has 0 amide bonds. The molecule has 0 unspecified atom stereocenters. The summed E-state index contributed by atoms with van der Waals surface area (Å²) in [5.41, 5.74) is 5.95. The Morgan fingerprint density at radius 3 is 2.70 bits per heavy atom. The third-order valence-electron chi connectivity index (χ3n) is 2.65. The van der Waals surface area contributed by atoms with Crippen molar-refractivity contribution in [2.45, 2.75) is 18.4 Å². The van der Waals surface area contributed by atoms with Crippen LogP contribution in [0.25, 0.3) is 0 Å². The molecule has 1 aromatic carbocycles. The van der Waals surface area contributed by atoms with E-state index in [2.05, 4.69) is 4.72 Å². The standard InChI is InChI=1S/C13H13N3O2S2/c1-9-2-4-12(19-9)8-16-20(17,18)13-5-3-11(15)6-10(13)7-14/h2-6,16H,8,15H2,1H3. The highest BCUT2D eigenvalue weighted by molar-refractivity contribution is 7.89. The lowest BCUT2D eigenvalue weighted by Gasteiger charge is -2.07. The number of nitrogens with zero attached hydrogens (tertiary/aromatic N) is 1. The van der Waals surface area contributed by atoms with Gasteiger partial charge in [-0.1, -0.05) is 0 Å². The molecule has 0 saturated heterocycles. The van der Waals surface area contributed by atoms with Gasteiger partial charge in [-0.25, -0.2) is 13.1 Å². The summed E-state index contributed by atoms with van der Waals surface area (Å²) in [6.07, 6.45) is 0. The van der Waals surface area contributed by atoms with Crippen LogP contribution in [0.5, 0.6) is 0 Å². The Bertz CT molecular complexity index is 773. The number of rotatable bonds is 4. The van der Waals surface area contributed by atoms with Crippen LogP contribution in [0.2, 0.25) is 0 Å². The number of aryl methyl sites for hydroxylation is 1. The molecule has 1 heterocycles. The first-order valence-corrected chi connectivity index (χ1v) is 8.07. The summed E-state index contributed by atoms with van der Waals surface area (Å²) < 4.78 is 26.9. The smallest absolute Gasteiger partial charge is 0.242 e. The fourth-order valence-corrected chi connectivity index (χ4v) is 3.76. The maximum Gasteiger partial charge on any atom is 0.242 e. The summed E-state index contributed by atoms with van der Waals surface area (Å²) in [6, 6.07) is 9.81. The minimum absolute atomic E-state index is 0.0415. The van der Waals surface area contributed by atoms with E-state index >= 15 is 0 Å². The number of hydrogen-bond donors (Lipinski definition) is 2. The third kappa shape index (κ3) is 3.17. The average Bonchev–Trinajstić information content (AvgIpc) is 2.82. The molecule has 20 heavy (non-hydrogen) atoms. The lowest BCUT2D eigenvalue weighted by Crippen LogP contribution is -2.23. The van der Waals surface area contributed by atoms with Crippen LogP contribution in [0.3, 0.4) is 0 Å². The number of benzene rings is 1. The number of nitriles is 1. The lowest BCUT2D eigenvalue weighted by atomic mass is 10.2. The highest BCUT2D eigenvalue weighted by Gasteiger charge is 2.18. The van der Waals surface area contributed by atoms with Gasteiger partial charge in [-0.15, -0.1) is 11.3 Å². The van der Waals surface area contributed by atoms with Crippen LogP contribution < -0.4 is 10.5 Å². The largest absolute Gasteiger partial charge is 0.399 e. The first-order valence-electron chi connectivity index (χ1n) is 5.77. The van der Waals surface area contributed by atoms with Gasteiger partial charge < -0.3 is 5.73 Å². The monoisotopic (exact) mass is 307 g/mol. The van der Waals surface area contributed by atoms with Crippen molar-refractivity contribution in [2.75, 3.05) is 5.73 Å². The molecule has 0 bridgehead atoms. The summed E-state index contributed by atoms with van der Waals surface area (Å²) >= 11 is 1.52. The molecule has 0 aliphatic rings. The minimum atomic E-state index is -3.73. The van der Waals surface area contributed by atoms with Crippen molar-refractivity contribution in [1.82, 2.24) is 4.72 Å². The number of thiophene rings is 1. The van der Waals surface area contributed by atoms with Crippen molar-refractivity contribution in [1.29, 1.82) is 5.26 Å². The fraction of sp³-hybridized carbons (Fsp3) is 0.154. The SMILES string of the molecule is Cc1ccc(CNS(=O)(=O)c2ccc(N)cc2C#N)s1. The second-order valence-electron chi connectivity index (χ2n) is 4.20. The van der Waals surface area contributed by atoms with Gasteiger partial charge in [-0.2, -0.15) is 5.26 Å². The highest BCUT2D eigenvalue weighted by Crippen LogP contribution is 2.19. The summed E-state index contributed by atoms with van der Waals surface area (Å²) in [5.74, 6) is 0. The first kappa shape index (κ1) is 14.5. The van der Waals surface area contributed by atoms with Gasteiger partial charge in [0, 0.05) is 22.0 Å². The number of nitrogen functional groups attached to an aromatic ring is 1. The number of hydrogen-bond acceptors (Lipinski definition) is 5. The molecule has 0 aliphatic carbocycles. The summed E-state index contributed by atoms with van der Waals surface area (Å²) in [7, 11) is -3.73. The molecule has 0 radical (unpaired) electrons. The van der Waals surface area contributed by atoms with Crippen LogP contribution in [0.15, 0.2) is 35.2 Å². The lowest BCUT2D eigenvalue weighted by molar-refractivity contribution is 0.581. The highest BCUT2D eigenvalue weighted by atomic mass is 32.2. The quantitative estimate of drug-likeness (QED) is 0.844. The van der Waals surface area contributed by atoms with E-state index in [9.17, 15) is 8.42 Å². The van der Waals surface area contributed by atoms with Crippen molar-refractivity contribution in [3.8, 4) is 6.07 Å². The molecule has 0 spiro atoms. The van der Waals surface area contributed by atoms with Gasteiger partial charge in [-0.05, 0) is 37.3 Å². The molecule has 2 rings (SSSR count). The molecule has 3 N–H and O–H groups in total. The van der Waals surface area contributed by atoms with Gasteiger partial charge in [0.15, 0.2) is 0 Å². The molecule has 1 aromatic heterocycles. The Labute approximate surface area is 121 Å². The van der Waals surface area contributed by atoms with E-state index in [1.165, 1.54) is 29.5 Å². The summed E-state index contributed by atoms with van der Waals surface area (Å²) in [6.45, 7) is 2.16. The zero-order valence-corrected chi connectivity index (χ0v) is 12.4. The van der Waals surface area contributed by atoms with Gasteiger partial charge in [0.05, 0.1) is 10.5 Å². The van der Waals surface area contributed by atoms with Gasteiger partial charge in [-0.3, -0.25) is 0 Å². The number of anilines is 1. The molecule has 104 valence electrons. The van der Waals surface area contributed by atoms with Gasteiger partial charge in [0.1, 0.15) is 6.07 Å². The minimum Gasteiger partial charge on any atom is -0.399 e. The summed E-state index contributed by atoms with van der Waals surface area (Å²) in [5, 5.41) is 9.00. The van der Waals surface area contributed by atoms with Crippen molar-refractivity contribution in [3.05, 3.63) is 45.6 Å². The second kappa shape index (κ2) is 5.63. The Kier molecular flexibility index (Phi) is 4.09. The number of sulfonamides is 1. The molecule has 0 aliphatic heterocycles. The topological polar surface area (TPSA) is 96.0 Å². The van der Waals surface area contributed by atoms with E-state index in [1.54, 1.807) is 0 Å². The van der Waals surface area contributed by atoms with E-state index in [1.807, 2.05) is 25.1 Å². The van der Waals surface area contributed by atoms with Crippen LogP contribution in [0.4, 0.5) is 5.69 Å². The maximum atomic E-state index is 12.2. The molecule has 7 heteroatoms. The van der Waals surface area contributed by atoms with Crippen LogP contribution in [0, 0.1) is 18.3 Å². The van der Waals surface area contributed by atoms with E-state index in [0.717, 1.165) is 9.75 Å². The molecule has 2 aromatic rings. The third-order valence-corrected chi connectivity index (χ3v) is 5.11. The van der Waals surface area contributed by atoms with Crippen molar-refractivity contribution in [2.24, 2.45) is 0 Å². The zero-order chi connectivity index (χ0) is 14.8. The predicted octanol–water partition coefficient (Wildman–Crippen LogP) is 1.99. The fourth-order valence-electron chi connectivity index (χ4n) is 1.69. The molecular weight excluding hydrogens is 294 g/mol. The van der Waals surface area contributed by atoms with Crippen LogP contribution in [0.1, 0.15) is 15.3 Å². The van der Waals surface area contributed by atoms with E-state index < -0.39 is 10.0 Å². The predicted molar refractivity (Wildman–Crippen MR) is 78.7 cm³/mol. The number of nitrogens with two attached hydrogens (primary N) is 1. The Balaban J connectivity index is 2.25. The molecule has 0 atom stereocenters. The maximum absolute atomic E-state index is 12.2. The van der Waals surface area contributed by atoms with Gasteiger partial charge >= 0.3 is 0 Å². The molecule has 0 saturated carbocycles. The van der Waals surface area contributed by atoms with Gasteiger partial charge in [0.2, 0.25) is 10.0 Å². The van der Waals surface area contributed by atoms with E-state index in [-0.39, 0.29) is 17.0 Å². The van der Waals surface area contributed by atoms with E-state index in [0.29, 0.717) is 5.69 Å². The second-order valence-corrected chi connectivity index (χ2v) is 7.31. The van der Waals surface area contributed by atoms with Crippen LogP contribution in [-0.4, -0.2) is 8.42 Å². The van der Waals surface area contributed by atoms with Crippen molar-refractivity contribution >= 4 is 27.0 Å². The van der Waals surface area contributed by atoms with Crippen LogP contribution in [-0.2, 0) is 16.6 Å². The van der Waals surface area contributed by atoms with Crippen molar-refractivity contribution < 1.29 is 8.42 Å². The molecule has 5 nitrogen and oxygen atoms in total. The zero-order valence-electron chi connectivity index (χ0n) is 10.8. The molecule has 0 fully saturated rings. The van der Waals surface area contributed by atoms with E-state index in [4.69, 9.17) is 11.0 Å². The number of nitrogens with one attached hydrogen (secondary N) is 1. The van der Waals surface area contributed by atoms with Crippen molar-refractivity contribution in [3.63, 3.8) is 0 Å². The normalized spacial score (nSPS) is 11.2. The molecular formula is C13H13N3O2S2. The van der Waals surface area contributed by atoms with Gasteiger partial charge in [0.25, 0.3) is 0 Å². The van der Waals surface area contributed by atoms with Crippen LogP contribution >= 0.6 is 11.3 Å². The first-order chi connectivity index (χ1) is 9.42. The average molecular weight is 307 g/mol. The Hall–Kier alpha value is -1.88. The summed E-state index contributed by atoms with van der Waals surface area (Å²) in [4.78, 5) is 1.98. The Morgan fingerprint density at radius 2 is 2.10 bits per heavy atom.